The van der Waals surface area contributed by atoms with E-state index < -0.39 is 0 Å². The molecule has 0 N–H and O–H groups in total. The molecule has 84 valence electrons. The molecule has 0 radical (unpaired) electrons. The van der Waals surface area contributed by atoms with E-state index >= 15 is 0 Å². The Balaban J connectivity index is 2.18. The molecule has 0 bridgehead atoms. The van der Waals surface area contributed by atoms with Gasteiger partial charge in [0.15, 0.2) is 0 Å². The maximum Gasteiger partial charge on any atom is 0.234 e. The van der Waals surface area contributed by atoms with Gasteiger partial charge in [0.1, 0.15) is 0 Å². The zero-order valence-electron chi connectivity index (χ0n) is 9.48. The molecule has 2 nitrogen and oxygen atoms in total. The van der Waals surface area contributed by atoms with E-state index in [9.17, 15) is 4.79 Å². The second-order valence-corrected chi connectivity index (χ2v) is 4.58. The predicted octanol–water partition coefficient (Wildman–Crippen LogP) is 3.22. The van der Waals surface area contributed by atoms with E-state index in [1.807, 2.05) is 0 Å². The van der Waals surface area contributed by atoms with Crippen LogP contribution in [0.15, 0.2) is 35.3 Å². The van der Waals surface area contributed by atoms with Crippen molar-refractivity contribution in [3.63, 3.8) is 0 Å². The van der Waals surface area contributed by atoms with Crippen molar-refractivity contribution >= 4 is 6.08 Å². The summed E-state index contributed by atoms with van der Waals surface area (Å²) in [5.74, 6) is 0. The van der Waals surface area contributed by atoms with Crippen molar-refractivity contribution in [1.29, 1.82) is 0 Å². The van der Waals surface area contributed by atoms with Crippen molar-refractivity contribution in [1.82, 2.24) is 0 Å². The highest BCUT2D eigenvalue weighted by Gasteiger charge is 2.34. The average molecular weight is 215 g/mol. The van der Waals surface area contributed by atoms with Gasteiger partial charge in [-0.3, -0.25) is 0 Å². The van der Waals surface area contributed by atoms with Crippen molar-refractivity contribution < 1.29 is 4.79 Å². The van der Waals surface area contributed by atoms with Gasteiger partial charge in [0, 0.05) is 0 Å². The first-order valence-electron chi connectivity index (χ1n) is 5.97. The van der Waals surface area contributed by atoms with Crippen LogP contribution in [0, 0.1) is 0 Å². The minimum atomic E-state index is 0.265. The third-order valence-electron chi connectivity index (χ3n) is 3.71. The molecular weight excluding hydrogens is 198 g/mol. The molecule has 0 unspecified atom stereocenters. The minimum Gasteiger partial charge on any atom is -0.211 e. The van der Waals surface area contributed by atoms with Crippen LogP contribution in [0.1, 0.15) is 37.7 Å². The molecule has 2 rings (SSSR count). The van der Waals surface area contributed by atoms with Gasteiger partial charge in [-0.25, -0.2) is 9.79 Å². The lowest BCUT2D eigenvalue weighted by Gasteiger charge is -2.28. The molecule has 2 heteroatoms. The molecule has 0 aliphatic heterocycles. The first kappa shape index (κ1) is 11.1. The summed E-state index contributed by atoms with van der Waals surface area (Å²) < 4.78 is 0. The topological polar surface area (TPSA) is 29.4 Å². The number of nitrogens with zero attached hydrogens (tertiary/aromatic N) is 1. The smallest absolute Gasteiger partial charge is 0.211 e. The molecule has 1 saturated carbocycles. The van der Waals surface area contributed by atoms with Crippen molar-refractivity contribution in [2.75, 3.05) is 6.54 Å². The molecule has 1 fully saturated rings. The third kappa shape index (κ3) is 2.23. The van der Waals surface area contributed by atoms with E-state index in [4.69, 9.17) is 0 Å². The number of rotatable bonds is 4. The number of aliphatic imine (C=N–C) groups is 1. The molecule has 16 heavy (non-hydrogen) atoms. The van der Waals surface area contributed by atoms with Crippen LogP contribution in [0.25, 0.3) is 0 Å². The maximum atomic E-state index is 10.1. The molecule has 1 aliphatic carbocycles. The first-order chi connectivity index (χ1) is 7.87. The Bertz CT molecular complexity index is 373. The van der Waals surface area contributed by atoms with Gasteiger partial charge in [0.2, 0.25) is 6.08 Å². The normalized spacial score (nSPS) is 18.0. The number of hydrogen-bond donors (Lipinski definition) is 0. The van der Waals surface area contributed by atoms with E-state index in [2.05, 4.69) is 35.3 Å². The Labute approximate surface area is 96.4 Å². The largest absolute Gasteiger partial charge is 0.234 e. The van der Waals surface area contributed by atoms with Crippen LogP contribution in [-0.4, -0.2) is 12.6 Å². The summed E-state index contributed by atoms with van der Waals surface area (Å²) in [6, 6.07) is 10.7. The van der Waals surface area contributed by atoms with Crippen LogP contribution < -0.4 is 0 Å². The molecule has 0 saturated heterocycles. The standard InChI is InChI=1S/C14H17NO/c16-12-15-11-10-14(8-4-5-9-14)13-6-2-1-3-7-13/h1-3,6-7H,4-5,8-11H2. The van der Waals surface area contributed by atoms with Gasteiger partial charge in [0.25, 0.3) is 0 Å². The SMILES string of the molecule is O=C=NCCC1(c2ccccc2)CCCC1. The van der Waals surface area contributed by atoms with E-state index in [1.165, 1.54) is 31.2 Å². The zero-order valence-corrected chi connectivity index (χ0v) is 9.48. The predicted molar refractivity (Wildman–Crippen MR) is 64.2 cm³/mol. The number of benzene rings is 1. The van der Waals surface area contributed by atoms with Crippen molar-refractivity contribution in [3.8, 4) is 0 Å². The summed E-state index contributed by atoms with van der Waals surface area (Å²) in [6.07, 6.45) is 7.65. The molecule has 1 aliphatic rings. The van der Waals surface area contributed by atoms with Crippen LogP contribution in [0.4, 0.5) is 0 Å². The highest BCUT2D eigenvalue weighted by Crippen LogP contribution is 2.43. The Morgan fingerprint density at radius 1 is 1.19 bits per heavy atom. The lowest BCUT2D eigenvalue weighted by atomic mass is 9.76. The van der Waals surface area contributed by atoms with E-state index in [1.54, 1.807) is 6.08 Å². The number of carbonyl (C=O) groups excluding carboxylic acids is 1. The molecule has 0 heterocycles. The van der Waals surface area contributed by atoms with Crippen LogP contribution in [0.5, 0.6) is 0 Å². The Morgan fingerprint density at radius 3 is 2.50 bits per heavy atom. The molecule has 1 aromatic carbocycles. The van der Waals surface area contributed by atoms with Crippen molar-refractivity contribution in [2.45, 2.75) is 37.5 Å². The quantitative estimate of drug-likeness (QED) is 0.560. The van der Waals surface area contributed by atoms with Gasteiger partial charge in [-0.15, -0.1) is 0 Å². The molecule has 0 atom stereocenters. The van der Waals surface area contributed by atoms with Crippen LogP contribution >= 0.6 is 0 Å². The lowest BCUT2D eigenvalue weighted by Crippen LogP contribution is -2.23. The fourth-order valence-corrected chi connectivity index (χ4v) is 2.84. The molecule has 0 spiro atoms. The summed E-state index contributed by atoms with van der Waals surface area (Å²) in [7, 11) is 0. The Kier molecular flexibility index (Phi) is 3.53. The monoisotopic (exact) mass is 215 g/mol. The molecule has 0 amide bonds. The third-order valence-corrected chi connectivity index (χ3v) is 3.71. The second kappa shape index (κ2) is 5.09. The van der Waals surface area contributed by atoms with Gasteiger partial charge < -0.3 is 0 Å². The second-order valence-electron chi connectivity index (χ2n) is 4.58. The fourth-order valence-electron chi connectivity index (χ4n) is 2.84. The van der Waals surface area contributed by atoms with Crippen molar-refractivity contribution in [3.05, 3.63) is 35.9 Å². The summed E-state index contributed by atoms with van der Waals surface area (Å²) >= 11 is 0. The Morgan fingerprint density at radius 2 is 1.88 bits per heavy atom. The van der Waals surface area contributed by atoms with Gasteiger partial charge in [-0.2, -0.15) is 0 Å². The lowest BCUT2D eigenvalue weighted by molar-refractivity contribution is 0.412. The van der Waals surface area contributed by atoms with Gasteiger partial charge >= 0.3 is 0 Å². The molecule has 0 aromatic heterocycles. The fraction of sp³-hybridized carbons (Fsp3) is 0.500. The Hall–Kier alpha value is -1.40. The first-order valence-corrected chi connectivity index (χ1v) is 5.97. The van der Waals surface area contributed by atoms with Crippen LogP contribution in [0.3, 0.4) is 0 Å². The van der Waals surface area contributed by atoms with Crippen LogP contribution in [-0.2, 0) is 10.2 Å². The van der Waals surface area contributed by atoms with Crippen LogP contribution in [0.2, 0.25) is 0 Å². The minimum absolute atomic E-state index is 0.265. The summed E-state index contributed by atoms with van der Waals surface area (Å²) in [6.45, 7) is 0.610. The summed E-state index contributed by atoms with van der Waals surface area (Å²) in [5.41, 5.74) is 1.68. The molecular formula is C14H17NO. The van der Waals surface area contributed by atoms with Gasteiger partial charge in [-0.1, -0.05) is 43.2 Å². The highest BCUT2D eigenvalue weighted by molar-refractivity contribution is 5.33. The average Bonchev–Trinajstić information content (AvgIpc) is 2.81. The molecule has 1 aromatic rings. The van der Waals surface area contributed by atoms with Crippen molar-refractivity contribution in [2.24, 2.45) is 4.99 Å². The van der Waals surface area contributed by atoms with E-state index in [0.717, 1.165) is 6.42 Å². The maximum absolute atomic E-state index is 10.1. The summed E-state index contributed by atoms with van der Waals surface area (Å²) in [5, 5.41) is 0. The highest BCUT2D eigenvalue weighted by atomic mass is 16.1. The number of isocyanates is 1. The van der Waals surface area contributed by atoms with E-state index in [-0.39, 0.29) is 5.41 Å². The van der Waals surface area contributed by atoms with E-state index in [0.29, 0.717) is 6.54 Å². The zero-order chi connectivity index (χ0) is 11.3. The van der Waals surface area contributed by atoms with Gasteiger partial charge in [0.05, 0.1) is 6.54 Å². The number of hydrogen-bond acceptors (Lipinski definition) is 2. The summed E-state index contributed by atoms with van der Waals surface area (Å²) in [4.78, 5) is 13.8. The van der Waals surface area contributed by atoms with Gasteiger partial charge in [-0.05, 0) is 30.2 Å².